The fraction of sp³-hybridized carbons (Fsp3) is 0.227. The Kier molecular flexibility index (Phi) is 5.04. The molecule has 0 saturated heterocycles. The third kappa shape index (κ3) is 4.03. The zero-order valence-corrected chi connectivity index (χ0v) is 15.5. The molecular formula is C22H21FO4. The fourth-order valence-electron chi connectivity index (χ4n) is 2.82. The Bertz CT molecular complexity index is 942. The minimum atomic E-state index is -0.469. The van der Waals surface area contributed by atoms with Crippen molar-refractivity contribution in [2.45, 2.75) is 26.4 Å². The van der Waals surface area contributed by atoms with E-state index >= 15 is 0 Å². The lowest BCUT2D eigenvalue weighted by Crippen LogP contribution is -2.27. The molecule has 0 fully saturated rings. The van der Waals surface area contributed by atoms with Crippen molar-refractivity contribution in [3.8, 4) is 17.2 Å². The number of hydrogen-bond donors (Lipinski definition) is 1. The van der Waals surface area contributed by atoms with Crippen LogP contribution < -0.4 is 9.47 Å². The number of ketones is 1. The largest absolute Gasteiger partial charge is 0.506 e. The van der Waals surface area contributed by atoms with Crippen molar-refractivity contribution in [3.63, 3.8) is 0 Å². The predicted molar refractivity (Wildman–Crippen MR) is 103 cm³/mol. The summed E-state index contributed by atoms with van der Waals surface area (Å²) in [5.41, 5.74) is 0.751. The molecule has 0 bridgehead atoms. The van der Waals surface area contributed by atoms with E-state index in [1.54, 1.807) is 25.1 Å². The van der Waals surface area contributed by atoms with Gasteiger partial charge in [0, 0.05) is 11.6 Å². The van der Waals surface area contributed by atoms with Crippen LogP contribution in [-0.4, -0.2) is 23.1 Å². The molecule has 0 aliphatic carbocycles. The van der Waals surface area contributed by atoms with Crippen molar-refractivity contribution in [2.75, 3.05) is 6.61 Å². The molecule has 0 radical (unpaired) electrons. The lowest BCUT2D eigenvalue weighted by molar-refractivity contribution is 0.104. The smallest absolute Gasteiger partial charge is 0.189 e. The molecule has 140 valence electrons. The molecule has 1 heterocycles. The van der Waals surface area contributed by atoms with Gasteiger partial charge in [-0.05, 0) is 69.3 Å². The van der Waals surface area contributed by atoms with Crippen LogP contribution in [0.1, 0.15) is 42.3 Å². The van der Waals surface area contributed by atoms with Crippen LogP contribution in [0.25, 0.3) is 12.2 Å². The van der Waals surface area contributed by atoms with Gasteiger partial charge in [-0.3, -0.25) is 4.79 Å². The van der Waals surface area contributed by atoms with Crippen molar-refractivity contribution in [2.24, 2.45) is 0 Å². The first kappa shape index (κ1) is 18.7. The first-order valence-corrected chi connectivity index (χ1v) is 8.69. The molecule has 2 aromatic carbocycles. The molecule has 0 atom stereocenters. The molecule has 27 heavy (non-hydrogen) atoms. The number of rotatable bonds is 5. The fourth-order valence-corrected chi connectivity index (χ4v) is 2.82. The van der Waals surface area contributed by atoms with Gasteiger partial charge < -0.3 is 14.6 Å². The lowest BCUT2D eigenvalue weighted by Gasteiger charge is -2.28. The van der Waals surface area contributed by atoms with Crippen LogP contribution in [0.2, 0.25) is 0 Å². The molecule has 5 heteroatoms. The number of halogens is 1. The maximum absolute atomic E-state index is 13.4. The van der Waals surface area contributed by atoms with Gasteiger partial charge in [-0.2, -0.15) is 0 Å². The van der Waals surface area contributed by atoms with E-state index in [4.69, 9.17) is 9.47 Å². The predicted octanol–water partition coefficient (Wildman–Crippen LogP) is 5.01. The molecule has 0 saturated carbocycles. The van der Waals surface area contributed by atoms with Crippen LogP contribution in [-0.2, 0) is 0 Å². The molecule has 0 aromatic heterocycles. The van der Waals surface area contributed by atoms with Crippen molar-refractivity contribution in [1.82, 2.24) is 0 Å². The van der Waals surface area contributed by atoms with E-state index in [1.165, 1.54) is 30.3 Å². The third-order valence-electron chi connectivity index (χ3n) is 4.16. The zero-order chi connectivity index (χ0) is 19.6. The van der Waals surface area contributed by atoms with E-state index in [-0.39, 0.29) is 17.1 Å². The number of fused-ring (bicyclic) bond motifs is 1. The number of ether oxygens (including phenoxy) is 2. The van der Waals surface area contributed by atoms with Crippen LogP contribution in [0.4, 0.5) is 4.39 Å². The van der Waals surface area contributed by atoms with Gasteiger partial charge in [-0.1, -0.05) is 0 Å². The highest BCUT2D eigenvalue weighted by Gasteiger charge is 2.25. The van der Waals surface area contributed by atoms with E-state index in [1.807, 2.05) is 19.9 Å². The number of hydrogen-bond acceptors (Lipinski definition) is 4. The Morgan fingerprint density at radius 1 is 1.30 bits per heavy atom. The van der Waals surface area contributed by atoms with Gasteiger partial charge in [0.2, 0.25) is 0 Å². The van der Waals surface area contributed by atoms with Gasteiger partial charge in [-0.15, -0.1) is 0 Å². The van der Waals surface area contributed by atoms with E-state index in [2.05, 4.69) is 0 Å². The van der Waals surface area contributed by atoms with Crippen molar-refractivity contribution >= 4 is 17.9 Å². The van der Waals surface area contributed by atoms with Gasteiger partial charge in [0.1, 0.15) is 28.7 Å². The molecule has 2 aromatic rings. The Labute approximate surface area is 157 Å². The monoisotopic (exact) mass is 368 g/mol. The molecule has 1 aliphatic heterocycles. The maximum atomic E-state index is 13.4. The summed E-state index contributed by atoms with van der Waals surface area (Å²) in [5, 5.41) is 10.5. The quantitative estimate of drug-likeness (QED) is 0.595. The summed E-state index contributed by atoms with van der Waals surface area (Å²) in [4.78, 5) is 12.6. The number of aromatic hydroxyl groups is 1. The molecule has 1 N–H and O–H groups in total. The molecule has 0 amide bonds. The van der Waals surface area contributed by atoms with E-state index in [0.29, 0.717) is 29.2 Å². The summed E-state index contributed by atoms with van der Waals surface area (Å²) in [6.45, 7) is 5.99. The summed E-state index contributed by atoms with van der Waals surface area (Å²) in [5.74, 6) is -0.0326. The number of benzene rings is 2. The van der Waals surface area contributed by atoms with Crippen LogP contribution in [0, 0.1) is 5.82 Å². The Morgan fingerprint density at radius 2 is 2.07 bits per heavy atom. The molecule has 4 nitrogen and oxygen atoms in total. The van der Waals surface area contributed by atoms with Crippen LogP contribution >= 0.6 is 0 Å². The summed E-state index contributed by atoms with van der Waals surface area (Å²) in [6.07, 6.45) is 6.45. The molecule has 1 aliphatic rings. The zero-order valence-electron chi connectivity index (χ0n) is 15.5. The van der Waals surface area contributed by atoms with E-state index in [9.17, 15) is 14.3 Å². The summed E-state index contributed by atoms with van der Waals surface area (Å²) < 4.78 is 24.6. The van der Waals surface area contributed by atoms with Gasteiger partial charge in [0.15, 0.2) is 5.78 Å². The number of allylic oxidation sites excluding steroid dienone is 1. The average Bonchev–Trinajstić information content (AvgIpc) is 2.60. The van der Waals surface area contributed by atoms with Crippen LogP contribution in [0.3, 0.4) is 0 Å². The normalized spacial score (nSPS) is 14.7. The van der Waals surface area contributed by atoms with Crippen molar-refractivity contribution in [3.05, 3.63) is 65.0 Å². The maximum Gasteiger partial charge on any atom is 0.189 e. The van der Waals surface area contributed by atoms with Crippen LogP contribution in [0.15, 0.2) is 42.5 Å². The van der Waals surface area contributed by atoms with Crippen LogP contribution in [0.5, 0.6) is 17.2 Å². The van der Waals surface area contributed by atoms with Gasteiger partial charge in [0.05, 0.1) is 17.7 Å². The van der Waals surface area contributed by atoms with Crippen molar-refractivity contribution in [1.29, 1.82) is 0 Å². The second-order valence-corrected chi connectivity index (χ2v) is 6.73. The highest BCUT2D eigenvalue weighted by atomic mass is 19.1. The summed E-state index contributed by atoms with van der Waals surface area (Å²) in [6, 6.07) is 7.31. The van der Waals surface area contributed by atoms with E-state index in [0.717, 1.165) is 0 Å². The first-order valence-electron chi connectivity index (χ1n) is 8.69. The average molecular weight is 368 g/mol. The molecule has 0 unspecified atom stereocenters. The first-order chi connectivity index (χ1) is 12.8. The molecule has 3 rings (SSSR count). The van der Waals surface area contributed by atoms with E-state index < -0.39 is 11.4 Å². The Hall–Kier alpha value is -3.08. The van der Waals surface area contributed by atoms with Gasteiger partial charge in [0.25, 0.3) is 0 Å². The minimum Gasteiger partial charge on any atom is -0.506 e. The third-order valence-corrected chi connectivity index (χ3v) is 4.16. The highest BCUT2D eigenvalue weighted by molar-refractivity contribution is 6.09. The van der Waals surface area contributed by atoms with Gasteiger partial charge >= 0.3 is 0 Å². The SMILES string of the molecule is CCOc1cc(F)ccc1/C=C/C(=O)c1ccc2c(c1O)C=CC(C)(C)O2. The number of carbonyl (C=O) groups excluding carboxylic acids is 1. The van der Waals surface area contributed by atoms with Crippen molar-refractivity contribution < 1.29 is 23.8 Å². The highest BCUT2D eigenvalue weighted by Crippen LogP contribution is 2.38. The molecular weight excluding hydrogens is 347 g/mol. The van der Waals surface area contributed by atoms with Gasteiger partial charge in [-0.25, -0.2) is 4.39 Å². The standard InChI is InChI=1S/C22H21FO4/c1-4-26-20-13-15(23)7-5-14(20)6-9-18(24)16-8-10-19-17(21(16)25)11-12-22(2,3)27-19/h5-13,25H,4H2,1-3H3/b9-6+. The second-order valence-electron chi connectivity index (χ2n) is 6.73. The molecule has 0 spiro atoms. The topological polar surface area (TPSA) is 55.8 Å². The Morgan fingerprint density at radius 3 is 2.81 bits per heavy atom. The number of carbonyl (C=O) groups is 1. The number of phenols is 1. The summed E-state index contributed by atoms with van der Waals surface area (Å²) in [7, 11) is 0. The summed E-state index contributed by atoms with van der Waals surface area (Å²) >= 11 is 0. The lowest BCUT2D eigenvalue weighted by atomic mass is 9.98. The Balaban J connectivity index is 1.89. The second kappa shape index (κ2) is 7.27. The number of phenolic OH excluding ortho intramolecular Hbond substituents is 1. The minimum absolute atomic E-state index is 0.127.